The number of rotatable bonds is 5. The van der Waals surface area contributed by atoms with E-state index in [1.807, 2.05) is 0 Å². The van der Waals surface area contributed by atoms with Gasteiger partial charge in [-0.1, -0.05) is 13.8 Å². The molecule has 6 rings (SSSR count). The minimum atomic E-state index is -4.42. The van der Waals surface area contributed by atoms with E-state index < -0.39 is 11.7 Å². The second kappa shape index (κ2) is 10.5. The molecule has 1 N–H and O–H groups in total. The van der Waals surface area contributed by atoms with Crippen molar-refractivity contribution in [2.75, 3.05) is 59.3 Å². The fraction of sp³-hybridized carbons (Fsp3) is 0.667. The Kier molecular flexibility index (Phi) is 7.36. The first kappa shape index (κ1) is 25.9. The van der Waals surface area contributed by atoms with Crippen molar-refractivity contribution in [3.05, 3.63) is 30.0 Å². The Bertz CT molecular complexity index is 1060. The number of hydrogen-bond donors (Lipinski definition) is 1. The summed E-state index contributed by atoms with van der Waals surface area (Å²) in [5.74, 6) is 4.08. The Hall–Kier alpha value is -2.78. The summed E-state index contributed by atoms with van der Waals surface area (Å²) in [6, 6.07) is 5.02. The molecule has 0 spiro atoms. The molecule has 202 valence electrons. The summed E-state index contributed by atoms with van der Waals surface area (Å²) in [6.45, 7) is 3.96. The maximum Gasteiger partial charge on any atom is 0.419 e. The Labute approximate surface area is 217 Å². The van der Waals surface area contributed by atoms with Crippen molar-refractivity contribution in [2.45, 2.75) is 64.6 Å². The fourth-order valence-corrected chi connectivity index (χ4v) is 6.52. The molecule has 4 fully saturated rings. The maximum absolute atomic E-state index is 13.5. The van der Waals surface area contributed by atoms with Gasteiger partial charge < -0.3 is 20.0 Å². The molecule has 3 atom stereocenters. The van der Waals surface area contributed by atoms with Crippen LogP contribution in [-0.2, 0) is 6.18 Å². The lowest BCUT2D eigenvalue weighted by Gasteiger charge is -2.37. The number of hydrogen-bond acceptors (Lipinski definition) is 7. The van der Waals surface area contributed by atoms with Crippen LogP contribution in [0.2, 0.25) is 0 Å². The lowest BCUT2D eigenvalue weighted by atomic mass is 9.95. The van der Waals surface area contributed by atoms with E-state index >= 15 is 0 Å². The summed E-state index contributed by atoms with van der Waals surface area (Å²) in [4.78, 5) is 20.1. The van der Waals surface area contributed by atoms with Crippen molar-refractivity contribution < 1.29 is 13.2 Å². The molecule has 2 saturated carbocycles. The van der Waals surface area contributed by atoms with Crippen LogP contribution < -0.4 is 20.0 Å². The summed E-state index contributed by atoms with van der Waals surface area (Å²) >= 11 is 0. The van der Waals surface area contributed by atoms with E-state index in [2.05, 4.69) is 26.2 Å². The summed E-state index contributed by atoms with van der Waals surface area (Å²) in [6.07, 6.45) is 5.78. The molecule has 7 nitrogen and oxygen atoms in total. The topological polar surface area (TPSA) is 60.4 Å². The molecule has 2 aliphatic carbocycles. The molecule has 0 aromatic carbocycles. The highest BCUT2D eigenvalue weighted by atomic mass is 19.4. The summed E-state index contributed by atoms with van der Waals surface area (Å²) in [5, 5.41) is 3.74. The van der Waals surface area contributed by atoms with Crippen LogP contribution in [-0.4, -0.2) is 60.3 Å². The molecule has 10 heteroatoms. The molecule has 4 aliphatic rings. The number of aromatic nitrogens is 3. The molecule has 2 bridgehead atoms. The zero-order valence-electron chi connectivity index (χ0n) is 20.6. The van der Waals surface area contributed by atoms with Gasteiger partial charge in [-0.05, 0) is 62.5 Å². The summed E-state index contributed by atoms with van der Waals surface area (Å²) in [7, 11) is 0. The van der Waals surface area contributed by atoms with E-state index in [-0.39, 0.29) is 13.2 Å². The number of nitrogens with one attached hydrogen (secondary N) is 1. The fourth-order valence-electron chi connectivity index (χ4n) is 6.52. The van der Waals surface area contributed by atoms with Crippen molar-refractivity contribution in [3.63, 3.8) is 0 Å². The van der Waals surface area contributed by atoms with Gasteiger partial charge in [-0.25, -0.2) is 4.98 Å². The first-order chi connectivity index (χ1) is 17.4. The molecule has 37 heavy (non-hydrogen) atoms. The molecular formula is C27H38F3N7. The highest BCUT2D eigenvalue weighted by molar-refractivity contribution is 5.56. The molecule has 2 aromatic rings. The van der Waals surface area contributed by atoms with E-state index in [0.717, 1.165) is 42.6 Å². The number of nitrogens with zero attached hydrogens (tertiary/aromatic N) is 6. The van der Waals surface area contributed by atoms with Crippen LogP contribution in [0.1, 0.15) is 57.9 Å². The maximum atomic E-state index is 13.5. The average molecular weight is 518 g/mol. The summed E-state index contributed by atoms with van der Waals surface area (Å²) in [5.41, 5.74) is -0.681. The second-order valence-corrected chi connectivity index (χ2v) is 10.7. The van der Waals surface area contributed by atoms with Crippen LogP contribution in [0.5, 0.6) is 0 Å². The highest BCUT2D eigenvalue weighted by Crippen LogP contribution is 2.45. The lowest BCUT2D eigenvalue weighted by Crippen LogP contribution is -2.48. The molecule has 0 amide bonds. The molecule has 2 aliphatic heterocycles. The third-order valence-corrected chi connectivity index (χ3v) is 8.41. The normalized spacial score (nSPS) is 25.8. The number of alkyl halides is 3. The van der Waals surface area contributed by atoms with Crippen LogP contribution in [0.25, 0.3) is 0 Å². The van der Waals surface area contributed by atoms with Gasteiger partial charge in [0.2, 0.25) is 5.95 Å². The van der Waals surface area contributed by atoms with Gasteiger partial charge in [-0.15, -0.1) is 0 Å². The van der Waals surface area contributed by atoms with E-state index in [0.29, 0.717) is 38.2 Å². The lowest BCUT2D eigenvalue weighted by molar-refractivity contribution is -0.137. The first-order valence-electron chi connectivity index (χ1n) is 13.4. The molecule has 2 aromatic heterocycles. The second-order valence-electron chi connectivity index (χ2n) is 10.7. The predicted octanol–water partition coefficient (Wildman–Crippen LogP) is 5.44. The Balaban J connectivity index is 0.00000280. The first-order valence-corrected chi connectivity index (χ1v) is 13.4. The van der Waals surface area contributed by atoms with Gasteiger partial charge in [-0.2, -0.15) is 23.1 Å². The van der Waals surface area contributed by atoms with Crippen molar-refractivity contribution in [2.24, 2.45) is 11.8 Å². The molecule has 4 heterocycles. The van der Waals surface area contributed by atoms with Crippen molar-refractivity contribution in [3.8, 4) is 0 Å². The predicted molar refractivity (Wildman–Crippen MR) is 141 cm³/mol. The third-order valence-electron chi connectivity index (χ3n) is 8.41. The van der Waals surface area contributed by atoms with E-state index in [4.69, 9.17) is 9.97 Å². The smallest absolute Gasteiger partial charge is 0.367 e. The van der Waals surface area contributed by atoms with E-state index in [9.17, 15) is 13.2 Å². The van der Waals surface area contributed by atoms with Crippen LogP contribution >= 0.6 is 0 Å². The Morgan fingerprint density at radius 3 is 2.30 bits per heavy atom. The average Bonchev–Trinajstić information content (AvgIpc) is 3.52. The zero-order chi connectivity index (χ0) is 24.7. The standard InChI is InChI=1S/C26H34F3N7.CH4/c27-26(28,29)20-5-4-8-30-24(20)35-11-13-36(14-12-35)25-32-22(31-21-16-18-6-7-19(21)15-18)17-23(33-25)34-9-2-1-3-10-34;/h4-5,8,17-19,21H,1-3,6-7,9-16H2,(H,31,32,33);1H4. The Morgan fingerprint density at radius 2 is 1.62 bits per heavy atom. The van der Waals surface area contributed by atoms with Gasteiger partial charge in [-0.3, -0.25) is 0 Å². The minimum absolute atomic E-state index is 0. The van der Waals surface area contributed by atoms with Gasteiger partial charge in [0, 0.05) is 57.6 Å². The quantitative estimate of drug-likeness (QED) is 0.566. The highest BCUT2D eigenvalue weighted by Gasteiger charge is 2.40. The largest absolute Gasteiger partial charge is 0.419 e. The van der Waals surface area contributed by atoms with Crippen molar-refractivity contribution in [1.29, 1.82) is 0 Å². The van der Waals surface area contributed by atoms with Crippen molar-refractivity contribution >= 4 is 23.4 Å². The Morgan fingerprint density at radius 1 is 0.865 bits per heavy atom. The minimum Gasteiger partial charge on any atom is -0.367 e. The zero-order valence-corrected chi connectivity index (χ0v) is 20.6. The van der Waals surface area contributed by atoms with Gasteiger partial charge in [0.15, 0.2) is 0 Å². The monoisotopic (exact) mass is 517 g/mol. The molecule has 2 saturated heterocycles. The number of piperidine rings is 1. The number of fused-ring (bicyclic) bond motifs is 2. The number of pyridine rings is 1. The molecule has 0 radical (unpaired) electrons. The van der Waals surface area contributed by atoms with E-state index in [1.54, 1.807) is 4.90 Å². The van der Waals surface area contributed by atoms with Gasteiger partial charge in [0.1, 0.15) is 17.5 Å². The number of halogens is 3. The molecular weight excluding hydrogens is 479 g/mol. The molecule has 3 unspecified atom stereocenters. The van der Waals surface area contributed by atoms with Crippen molar-refractivity contribution in [1.82, 2.24) is 15.0 Å². The van der Waals surface area contributed by atoms with Gasteiger partial charge in [0.25, 0.3) is 0 Å². The van der Waals surface area contributed by atoms with E-state index in [1.165, 1.54) is 57.2 Å². The van der Waals surface area contributed by atoms with Crippen LogP contribution in [0.3, 0.4) is 0 Å². The van der Waals surface area contributed by atoms with Gasteiger partial charge >= 0.3 is 6.18 Å². The number of anilines is 4. The SMILES string of the molecule is C.FC(F)(F)c1cccnc1N1CCN(c2nc(NC3CC4CCC3C4)cc(N3CCCCC3)n2)CC1. The number of piperazine rings is 1. The van der Waals surface area contributed by atoms with Gasteiger partial charge in [0.05, 0.1) is 5.56 Å². The van der Waals surface area contributed by atoms with Crippen LogP contribution in [0, 0.1) is 11.8 Å². The van der Waals surface area contributed by atoms with Crippen LogP contribution in [0.4, 0.5) is 36.6 Å². The van der Waals surface area contributed by atoms with Crippen LogP contribution in [0.15, 0.2) is 24.4 Å². The summed E-state index contributed by atoms with van der Waals surface area (Å²) < 4.78 is 40.6. The third kappa shape index (κ3) is 5.43.